The molecule has 0 aliphatic carbocycles. The Morgan fingerprint density at radius 2 is 2.00 bits per heavy atom. The number of carbonyl (C=O) groups excluding carboxylic acids is 2. The number of Topliss-reactive ketones (excluding diaryl/α,β-unsaturated/α-hetero) is 1. The van der Waals surface area contributed by atoms with Crippen LogP contribution >= 0.6 is 11.8 Å². The molecule has 17 heavy (non-hydrogen) atoms. The summed E-state index contributed by atoms with van der Waals surface area (Å²) in [5, 5.41) is 17.4. The minimum Gasteiger partial charge on any atom is -0.481 e. The summed E-state index contributed by atoms with van der Waals surface area (Å²) in [7, 11) is 0. The number of carboxylic acid groups (broad SMARTS) is 2. The molecule has 1 rings (SSSR count). The van der Waals surface area contributed by atoms with Gasteiger partial charge >= 0.3 is 11.9 Å². The van der Waals surface area contributed by atoms with Gasteiger partial charge in [-0.2, -0.15) is 0 Å². The topological polar surface area (TPSA) is 112 Å². The van der Waals surface area contributed by atoms with E-state index < -0.39 is 23.9 Å². The molecule has 0 aromatic heterocycles. The minimum atomic E-state index is -1.23. The summed E-state index contributed by atoms with van der Waals surface area (Å²) in [5.74, 6) is -3.39. The third-order valence-electron chi connectivity index (χ3n) is 2.18. The van der Waals surface area contributed by atoms with Crippen LogP contribution in [0.1, 0.15) is 6.42 Å². The van der Waals surface area contributed by atoms with E-state index in [0.29, 0.717) is 0 Å². The summed E-state index contributed by atoms with van der Waals surface area (Å²) in [5.41, 5.74) is 0. The number of hydrogen-bond donors (Lipinski definition) is 2. The number of ketones is 1. The average Bonchev–Trinajstić information content (AvgIpc) is 2.51. The Balaban J connectivity index is 2.60. The van der Waals surface area contributed by atoms with Gasteiger partial charge in [0.25, 0.3) is 0 Å². The van der Waals surface area contributed by atoms with E-state index in [9.17, 15) is 19.2 Å². The highest BCUT2D eigenvalue weighted by atomic mass is 32.2. The lowest BCUT2D eigenvalue weighted by Gasteiger charge is -2.22. The lowest BCUT2D eigenvalue weighted by molar-refractivity contribution is -0.147. The van der Waals surface area contributed by atoms with Crippen LogP contribution in [0.4, 0.5) is 0 Å². The van der Waals surface area contributed by atoms with Gasteiger partial charge in [0.1, 0.15) is 6.04 Å². The van der Waals surface area contributed by atoms with Crippen LogP contribution in [0, 0.1) is 0 Å². The van der Waals surface area contributed by atoms with E-state index in [1.165, 1.54) is 0 Å². The van der Waals surface area contributed by atoms with Crippen molar-refractivity contribution >= 4 is 35.4 Å². The number of aliphatic carboxylic acids is 2. The maximum atomic E-state index is 11.3. The fourth-order valence-corrected chi connectivity index (χ4v) is 2.28. The maximum Gasteiger partial charge on any atom is 0.327 e. The molecular weight excluding hydrogens is 250 g/mol. The summed E-state index contributed by atoms with van der Waals surface area (Å²) in [6, 6.07) is -1.14. The van der Waals surface area contributed by atoms with Crippen molar-refractivity contribution in [2.45, 2.75) is 12.5 Å². The van der Waals surface area contributed by atoms with Crippen molar-refractivity contribution in [2.75, 3.05) is 18.1 Å². The number of nitrogens with zero attached hydrogens (tertiary/aromatic N) is 1. The molecule has 0 aromatic rings. The molecule has 0 spiro atoms. The van der Waals surface area contributed by atoms with E-state index in [-0.39, 0.29) is 30.3 Å². The van der Waals surface area contributed by atoms with Gasteiger partial charge in [-0.1, -0.05) is 0 Å². The smallest absolute Gasteiger partial charge is 0.327 e. The van der Waals surface area contributed by atoms with E-state index in [4.69, 9.17) is 10.2 Å². The van der Waals surface area contributed by atoms with Crippen molar-refractivity contribution in [3.05, 3.63) is 0 Å². The van der Waals surface area contributed by atoms with Crippen molar-refractivity contribution in [1.29, 1.82) is 0 Å². The first-order valence-electron chi connectivity index (χ1n) is 4.75. The standard InChI is InChI=1S/C9H11NO6S/c11-5-1-7(12)10(2-5)6(9(15)16)3-17-4-8(13)14/h6H,1-4H2,(H,13,14)(H,15,16)/t6-/m0/s1. The monoisotopic (exact) mass is 261 g/mol. The molecule has 2 N–H and O–H groups in total. The molecule has 0 aromatic carbocycles. The third kappa shape index (κ3) is 3.74. The quantitative estimate of drug-likeness (QED) is 0.593. The molecular formula is C9H11NO6S. The molecule has 1 aliphatic heterocycles. The Morgan fingerprint density at radius 3 is 2.41 bits per heavy atom. The van der Waals surface area contributed by atoms with Crippen LogP contribution in [0.2, 0.25) is 0 Å². The maximum absolute atomic E-state index is 11.3. The Kier molecular flexibility index (Phi) is 4.50. The van der Waals surface area contributed by atoms with Gasteiger partial charge in [-0.05, 0) is 0 Å². The second kappa shape index (κ2) is 5.67. The van der Waals surface area contributed by atoms with Crippen LogP contribution < -0.4 is 0 Å². The molecule has 1 saturated heterocycles. The van der Waals surface area contributed by atoms with Gasteiger partial charge < -0.3 is 15.1 Å². The van der Waals surface area contributed by atoms with Crippen molar-refractivity contribution in [3.63, 3.8) is 0 Å². The van der Waals surface area contributed by atoms with Gasteiger partial charge in [-0.15, -0.1) is 11.8 Å². The minimum absolute atomic E-state index is 0.0410. The largest absolute Gasteiger partial charge is 0.481 e. The highest BCUT2D eigenvalue weighted by Gasteiger charge is 2.36. The van der Waals surface area contributed by atoms with Gasteiger partial charge in [-0.25, -0.2) is 4.79 Å². The molecule has 8 heteroatoms. The van der Waals surface area contributed by atoms with Gasteiger partial charge in [-0.3, -0.25) is 14.4 Å². The average molecular weight is 261 g/mol. The number of thioether (sulfide) groups is 1. The van der Waals surface area contributed by atoms with Crippen molar-refractivity contribution in [2.24, 2.45) is 0 Å². The molecule has 1 heterocycles. The number of hydrogen-bond acceptors (Lipinski definition) is 5. The Morgan fingerprint density at radius 1 is 1.35 bits per heavy atom. The molecule has 0 radical (unpaired) electrons. The third-order valence-corrected chi connectivity index (χ3v) is 3.18. The summed E-state index contributed by atoms with van der Waals surface area (Å²) >= 11 is 0.902. The zero-order valence-corrected chi connectivity index (χ0v) is 9.61. The lowest BCUT2D eigenvalue weighted by Crippen LogP contribution is -2.44. The van der Waals surface area contributed by atoms with E-state index in [0.717, 1.165) is 16.7 Å². The first-order valence-corrected chi connectivity index (χ1v) is 5.90. The van der Waals surface area contributed by atoms with Gasteiger partial charge in [0, 0.05) is 5.75 Å². The van der Waals surface area contributed by atoms with Gasteiger partial charge in [0.05, 0.1) is 18.7 Å². The normalized spacial score (nSPS) is 17.3. The second-order valence-corrected chi connectivity index (χ2v) is 4.53. The van der Waals surface area contributed by atoms with Crippen LogP contribution in [-0.2, 0) is 19.2 Å². The Hall–Kier alpha value is -1.57. The zero-order chi connectivity index (χ0) is 13.0. The van der Waals surface area contributed by atoms with Crippen molar-refractivity contribution in [3.8, 4) is 0 Å². The van der Waals surface area contributed by atoms with Gasteiger partial charge in [0.15, 0.2) is 5.78 Å². The fourth-order valence-electron chi connectivity index (χ4n) is 1.44. The number of amides is 1. The molecule has 94 valence electrons. The number of carbonyl (C=O) groups is 4. The first-order chi connectivity index (χ1) is 7.91. The van der Waals surface area contributed by atoms with E-state index >= 15 is 0 Å². The zero-order valence-electron chi connectivity index (χ0n) is 8.79. The number of carboxylic acids is 2. The molecule has 0 saturated carbocycles. The van der Waals surface area contributed by atoms with Crippen molar-refractivity contribution in [1.82, 2.24) is 4.90 Å². The van der Waals surface area contributed by atoms with Crippen LogP contribution in [0.25, 0.3) is 0 Å². The molecule has 1 aliphatic rings. The van der Waals surface area contributed by atoms with Crippen LogP contribution in [0.15, 0.2) is 0 Å². The summed E-state index contributed by atoms with van der Waals surface area (Å²) in [6.45, 7) is -0.205. The molecule has 7 nitrogen and oxygen atoms in total. The Bertz CT molecular complexity index is 368. The van der Waals surface area contributed by atoms with Crippen LogP contribution in [-0.4, -0.2) is 62.8 Å². The molecule has 0 unspecified atom stereocenters. The summed E-state index contributed by atoms with van der Waals surface area (Å²) < 4.78 is 0. The van der Waals surface area contributed by atoms with E-state index in [2.05, 4.69) is 0 Å². The number of likely N-dealkylation sites (tertiary alicyclic amines) is 1. The van der Waals surface area contributed by atoms with E-state index in [1.807, 2.05) is 0 Å². The molecule has 1 atom stereocenters. The van der Waals surface area contributed by atoms with Crippen molar-refractivity contribution < 1.29 is 29.4 Å². The van der Waals surface area contributed by atoms with Crippen LogP contribution in [0.5, 0.6) is 0 Å². The lowest BCUT2D eigenvalue weighted by atomic mass is 10.3. The molecule has 1 fully saturated rings. The predicted octanol–water partition coefficient (Wildman–Crippen LogP) is -0.941. The predicted molar refractivity (Wildman–Crippen MR) is 57.7 cm³/mol. The molecule has 1 amide bonds. The highest BCUT2D eigenvalue weighted by Crippen LogP contribution is 2.15. The van der Waals surface area contributed by atoms with E-state index in [1.54, 1.807) is 0 Å². The summed E-state index contributed by atoms with van der Waals surface area (Å²) in [6.07, 6.45) is -0.270. The summed E-state index contributed by atoms with van der Waals surface area (Å²) in [4.78, 5) is 44.6. The first kappa shape index (κ1) is 13.5. The van der Waals surface area contributed by atoms with Gasteiger partial charge in [0.2, 0.25) is 5.91 Å². The molecule has 0 bridgehead atoms. The Labute approximate surface area is 101 Å². The highest BCUT2D eigenvalue weighted by molar-refractivity contribution is 8.00. The number of rotatable bonds is 6. The SMILES string of the molecule is O=C(O)CSC[C@@H](C(=O)O)N1CC(=O)CC1=O. The second-order valence-electron chi connectivity index (χ2n) is 3.50. The fraction of sp³-hybridized carbons (Fsp3) is 0.556. The van der Waals surface area contributed by atoms with Crippen LogP contribution in [0.3, 0.4) is 0 Å².